The number of aryl methyl sites for hydroxylation is 1. The fourth-order valence-electron chi connectivity index (χ4n) is 5.06. The molecule has 1 heterocycles. The third-order valence-corrected chi connectivity index (χ3v) is 7.22. The van der Waals surface area contributed by atoms with Crippen LogP contribution in [-0.4, -0.2) is 48.9 Å². The lowest BCUT2D eigenvalue weighted by molar-refractivity contribution is -0.144. The summed E-state index contributed by atoms with van der Waals surface area (Å²) in [6.07, 6.45) is -3.11. The average molecular weight is 604 g/mol. The Bertz CT molecular complexity index is 1380. The normalized spacial score (nSPS) is 16.6. The fraction of sp³-hybridized carbons (Fsp3) is 0.323. The molecule has 1 aliphatic heterocycles. The highest BCUT2D eigenvalue weighted by Crippen LogP contribution is 2.39. The number of nitrogen functional groups attached to an aromatic ring is 1. The quantitative estimate of drug-likeness (QED) is 0.162. The van der Waals surface area contributed by atoms with Crippen molar-refractivity contribution in [3.63, 3.8) is 0 Å². The average Bonchev–Trinajstić information content (AvgIpc) is 3.25. The minimum absolute atomic E-state index is 0. The summed E-state index contributed by atoms with van der Waals surface area (Å²) in [4.78, 5) is 26.7. The van der Waals surface area contributed by atoms with Gasteiger partial charge in [-0.15, -0.1) is 12.4 Å². The molecule has 1 fully saturated rings. The number of nitrogens with one attached hydrogen (secondary N) is 1. The number of alkyl halides is 3. The number of ether oxygens (including phenoxy) is 2. The highest BCUT2D eigenvalue weighted by Gasteiger charge is 2.41. The van der Waals surface area contributed by atoms with Gasteiger partial charge in [0.15, 0.2) is 0 Å². The molecule has 11 heteroatoms. The maximum Gasteiger partial charge on any atom is 0.419 e. The summed E-state index contributed by atoms with van der Waals surface area (Å²) >= 11 is 0. The van der Waals surface area contributed by atoms with Crippen LogP contribution in [0.15, 0.2) is 72.8 Å². The number of likely N-dealkylation sites (tertiary alicyclic amines) is 1. The van der Waals surface area contributed by atoms with Crippen molar-refractivity contribution in [3.05, 3.63) is 89.5 Å². The van der Waals surface area contributed by atoms with Crippen molar-refractivity contribution < 1.29 is 32.2 Å². The van der Waals surface area contributed by atoms with Gasteiger partial charge in [0, 0.05) is 12.1 Å². The number of nitrogens with two attached hydrogens (primary N) is 1. The van der Waals surface area contributed by atoms with Gasteiger partial charge >= 0.3 is 12.1 Å². The van der Waals surface area contributed by atoms with Crippen LogP contribution in [0.5, 0.6) is 5.75 Å². The first-order chi connectivity index (χ1) is 19.6. The summed E-state index contributed by atoms with van der Waals surface area (Å²) in [5, 5.41) is 7.50. The highest BCUT2D eigenvalue weighted by atomic mass is 35.5. The van der Waals surface area contributed by atoms with E-state index in [0.717, 1.165) is 18.1 Å². The number of nitrogens with zero attached hydrogens (tertiary/aromatic N) is 1. The summed E-state index contributed by atoms with van der Waals surface area (Å²) in [7, 11) is 1.25. The van der Waals surface area contributed by atoms with Crippen LogP contribution < -0.4 is 10.5 Å². The third-order valence-electron chi connectivity index (χ3n) is 7.22. The van der Waals surface area contributed by atoms with Crippen LogP contribution in [0.2, 0.25) is 0 Å². The summed E-state index contributed by atoms with van der Waals surface area (Å²) in [6, 6.07) is 19.5. The number of halogens is 4. The van der Waals surface area contributed by atoms with Gasteiger partial charge in [-0.3, -0.25) is 15.0 Å². The Hall–Kier alpha value is -4.05. The van der Waals surface area contributed by atoms with Crippen LogP contribution in [0.1, 0.15) is 36.0 Å². The second-order valence-corrected chi connectivity index (χ2v) is 10.00. The second-order valence-electron chi connectivity index (χ2n) is 10.00. The molecular weight excluding hydrogens is 571 g/mol. The molecule has 1 saturated heterocycles. The molecule has 0 saturated carbocycles. The van der Waals surface area contributed by atoms with Gasteiger partial charge in [0.05, 0.1) is 31.1 Å². The number of rotatable bonds is 11. The second kappa shape index (κ2) is 14.2. The number of methoxy groups -OCH3 is 1. The maximum atomic E-state index is 14.1. The summed E-state index contributed by atoms with van der Waals surface area (Å²) in [5.74, 6) is -1.83. The summed E-state index contributed by atoms with van der Waals surface area (Å²) in [5.41, 5.74) is 6.98. The van der Waals surface area contributed by atoms with Crippen molar-refractivity contribution in [2.45, 2.75) is 37.9 Å². The highest BCUT2D eigenvalue weighted by molar-refractivity contribution is 5.95. The molecule has 42 heavy (non-hydrogen) atoms. The Balaban J connectivity index is 0.00000484. The monoisotopic (exact) mass is 603 g/mol. The zero-order valence-electron chi connectivity index (χ0n) is 23.0. The molecular formula is C31H33ClF3N3O4. The van der Waals surface area contributed by atoms with Crippen LogP contribution in [0, 0.1) is 11.3 Å². The number of carbonyl (C=O) groups is 2. The van der Waals surface area contributed by atoms with Crippen molar-refractivity contribution >= 4 is 30.1 Å². The zero-order chi connectivity index (χ0) is 29.6. The molecule has 3 N–H and O–H groups in total. The maximum absolute atomic E-state index is 14.1. The first kappa shape index (κ1) is 32.5. The van der Waals surface area contributed by atoms with Crippen molar-refractivity contribution in [2.24, 2.45) is 11.7 Å². The number of hydrogen-bond acceptors (Lipinski definition) is 5. The van der Waals surface area contributed by atoms with Crippen molar-refractivity contribution in [1.29, 1.82) is 5.41 Å². The van der Waals surface area contributed by atoms with E-state index in [1.165, 1.54) is 19.2 Å². The first-order valence-electron chi connectivity index (χ1n) is 13.3. The zero-order valence-corrected chi connectivity index (χ0v) is 23.8. The predicted molar refractivity (Wildman–Crippen MR) is 156 cm³/mol. The molecule has 224 valence electrons. The fourth-order valence-corrected chi connectivity index (χ4v) is 5.06. The lowest BCUT2D eigenvalue weighted by atomic mass is 10.0. The Kier molecular flexibility index (Phi) is 11.0. The standard InChI is InChI=1S/C31H32F3N3O4.ClH/c1-40-28(38)18-24-16-25(37(30(24)39)15-5-8-20-6-3-2-4-7-20)19-41-27-14-13-23(17-26(27)31(32,33)34)21-9-11-22(12-10-21)29(35)36;/h2-4,6-7,9-14,17,24-25H,5,8,15-16,18-19H2,1H3,(H3,35,36);1H/t24-,25-;/m0./s1. The number of benzene rings is 3. The number of esters is 1. The van der Waals surface area contributed by atoms with E-state index in [1.54, 1.807) is 29.2 Å². The number of amides is 1. The lowest BCUT2D eigenvalue weighted by Crippen LogP contribution is -2.38. The van der Waals surface area contributed by atoms with Crippen molar-refractivity contribution in [1.82, 2.24) is 4.90 Å². The molecule has 0 bridgehead atoms. The Morgan fingerprint density at radius 3 is 2.33 bits per heavy atom. The molecule has 7 nitrogen and oxygen atoms in total. The van der Waals surface area contributed by atoms with Gasteiger partial charge in [0.2, 0.25) is 5.91 Å². The van der Waals surface area contributed by atoms with Crippen LogP contribution in [-0.2, 0) is 26.9 Å². The van der Waals surface area contributed by atoms with E-state index < -0.39 is 29.7 Å². The molecule has 1 aliphatic rings. The molecule has 0 aromatic heterocycles. The lowest BCUT2D eigenvalue weighted by Gasteiger charge is -2.26. The number of amidine groups is 1. The van der Waals surface area contributed by atoms with Gasteiger partial charge in [0.25, 0.3) is 0 Å². The molecule has 3 aromatic rings. The molecule has 4 rings (SSSR count). The molecule has 0 unspecified atom stereocenters. The molecule has 0 radical (unpaired) electrons. The van der Waals surface area contributed by atoms with E-state index in [1.807, 2.05) is 30.3 Å². The molecule has 1 amide bonds. The van der Waals surface area contributed by atoms with Gasteiger partial charge in [-0.2, -0.15) is 13.2 Å². The molecule has 0 spiro atoms. The largest absolute Gasteiger partial charge is 0.491 e. The van der Waals surface area contributed by atoms with E-state index in [9.17, 15) is 22.8 Å². The van der Waals surface area contributed by atoms with Gasteiger partial charge in [-0.05, 0) is 48.1 Å². The number of hydrogen-bond donors (Lipinski definition) is 2. The van der Waals surface area contributed by atoms with Crippen LogP contribution in [0.25, 0.3) is 11.1 Å². The summed E-state index contributed by atoms with van der Waals surface area (Å²) in [6.45, 7) is 0.241. The van der Waals surface area contributed by atoms with E-state index in [0.29, 0.717) is 29.7 Å². The van der Waals surface area contributed by atoms with Crippen LogP contribution in [0.3, 0.4) is 0 Å². The number of carbonyl (C=O) groups excluding carboxylic acids is 2. The minimum atomic E-state index is -4.68. The van der Waals surface area contributed by atoms with Crippen LogP contribution >= 0.6 is 12.4 Å². The van der Waals surface area contributed by atoms with Gasteiger partial charge < -0.3 is 20.1 Å². The van der Waals surface area contributed by atoms with E-state index in [4.69, 9.17) is 20.6 Å². The summed E-state index contributed by atoms with van der Waals surface area (Å²) < 4.78 is 52.7. The smallest absolute Gasteiger partial charge is 0.419 e. The Labute approximate surface area is 248 Å². The predicted octanol–water partition coefficient (Wildman–Crippen LogP) is 5.87. The Morgan fingerprint density at radius 1 is 1.05 bits per heavy atom. The van der Waals surface area contributed by atoms with Gasteiger partial charge in [-0.25, -0.2) is 0 Å². The van der Waals surface area contributed by atoms with E-state index in [-0.39, 0.29) is 49.3 Å². The third kappa shape index (κ3) is 8.03. The van der Waals surface area contributed by atoms with Crippen molar-refractivity contribution in [3.8, 4) is 16.9 Å². The van der Waals surface area contributed by atoms with E-state index in [2.05, 4.69) is 0 Å². The van der Waals surface area contributed by atoms with Gasteiger partial charge in [-0.1, -0.05) is 60.7 Å². The SMILES string of the molecule is COC(=O)C[C@@H]1C[C@@H](COc2ccc(-c3ccc(C(=N)N)cc3)cc2C(F)(F)F)N(CCCc2ccccc2)C1=O.Cl. The molecule has 3 aromatic carbocycles. The Morgan fingerprint density at radius 2 is 1.71 bits per heavy atom. The molecule has 0 aliphatic carbocycles. The topological polar surface area (TPSA) is 106 Å². The molecule has 2 atom stereocenters. The van der Waals surface area contributed by atoms with Crippen molar-refractivity contribution in [2.75, 3.05) is 20.3 Å². The first-order valence-corrected chi connectivity index (χ1v) is 13.3. The van der Waals surface area contributed by atoms with E-state index >= 15 is 0 Å². The van der Waals surface area contributed by atoms with Gasteiger partial charge in [0.1, 0.15) is 18.2 Å². The van der Waals surface area contributed by atoms with Crippen LogP contribution in [0.4, 0.5) is 13.2 Å². The minimum Gasteiger partial charge on any atom is -0.491 e.